The average molecular weight is 472 g/mol. The van der Waals surface area contributed by atoms with E-state index in [4.69, 9.17) is 10.5 Å². The summed E-state index contributed by atoms with van der Waals surface area (Å²) in [6, 6.07) is 8.33. The number of hydrogen-bond donors (Lipinski definition) is 1. The molecule has 184 valence electrons. The molecule has 4 heteroatoms. The maximum atomic E-state index is 13.2. The topological polar surface area (TPSA) is 69.4 Å². The minimum absolute atomic E-state index is 0.0361. The molecule has 1 unspecified atom stereocenters. The van der Waals surface area contributed by atoms with Crippen molar-refractivity contribution < 1.29 is 14.3 Å². The van der Waals surface area contributed by atoms with Gasteiger partial charge in [-0.3, -0.25) is 9.59 Å². The fourth-order valence-corrected chi connectivity index (χ4v) is 8.02. The Bertz CT molecular complexity index is 1150. The first kappa shape index (κ1) is 24.1. The van der Waals surface area contributed by atoms with Crippen molar-refractivity contribution in [1.29, 1.82) is 0 Å². The minimum Gasteiger partial charge on any atom is -0.399 e. The standard InChI is InChI=1S/C31H37NO3/c1-4-5-6-20-15-25-27-13-14-28(29(34)18-35-3)31(27,2)17-26(19-7-9-21(32)10-8-19)30(25)23-12-11-22(33)16-24(20)23/h7-10,16,20,25-28H,6,11-15,17-18,32H2,1-3H3/t20?,25-,26+,27-,28+,31-/m0/s1. The molecular formula is C31H37NO3. The van der Waals surface area contributed by atoms with Crippen molar-refractivity contribution >= 4 is 17.3 Å². The van der Waals surface area contributed by atoms with E-state index in [-0.39, 0.29) is 35.4 Å². The molecule has 2 fully saturated rings. The molecule has 0 heterocycles. The van der Waals surface area contributed by atoms with Gasteiger partial charge in [-0.05, 0) is 97.1 Å². The zero-order valence-corrected chi connectivity index (χ0v) is 21.2. The Morgan fingerprint density at radius 1 is 1.20 bits per heavy atom. The molecule has 4 aliphatic carbocycles. The number of rotatable bonds is 5. The maximum Gasteiger partial charge on any atom is 0.162 e. The van der Waals surface area contributed by atoms with Gasteiger partial charge < -0.3 is 10.5 Å². The first-order valence-electron chi connectivity index (χ1n) is 13.1. The smallest absolute Gasteiger partial charge is 0.162 e. The first-order valence-corrected chi connectivity index (χ1v) is 13.1. The summed E-state index contributed by atoms with van der Waals surface area (Å²) in [6.07, 6.45) is 8.14. The second-order valence-corrected chi connectivity index (χ2v) is 11.2. The molecule has 0 saturated heterocycles. The van der Waals surface area contributed by atoms with Crippen molar-refractivity contribution in [3.8, 4) is 11.8 Å². The van der Waals surface area contributed by atoms with Crippen molar-refractivity contribution in [2.45, 2.75) is 64.7 Å². The summed E-state index contributed by atoms with van der Waals surface area (Å²) in [7, 11) is 1.62. The Kier molecular flexibility index (Phi) is 6.49. The minimum atomic E-state index is -0.0664. The highest BCUT2D eigenvalue weighted by molar-refractivity contribution is 5.93. The molecule has 35 heavy (non-hydrogen) atoms. The van der Waals surface area contributed by atoms with Gasteiger partial charge in [0.1, 0.15) is 6.61 Å². The number of anilines is 1. The van der Waals surface area contributed by atoms with E-state index in [0.717, 1.165) is 44.2 Å². The molecule has 0 bridgehead atoms. The van der Waals surface area contributed by atoms with Gasteiger partial charge >= 0.3 is 0 Å². The molecule has 0 spiro atoms. The predicted octanol–water partition coefficient (Wildman–Crippen LogP) is 5.64. The molecule has 0 aliphatic heterocycles. The van der Waals surface area contributed by atoms with E-state index in [1.54, 1.807) is 7.11 Å². The number of nitrogens with two attached hydrogens (primary N) is 1. The van der Waals surface area contributed by atoms with Crippen LogP contribution in [-0.2, 0) is 14.3 Å². The summed E-state index contributed by atoms with van der Waals surface area (Å²) >= 11 is 0. The molecule has 1 aromatic rings. The summed E-state index contributed by atoms with van der Waals surface area (Å²) in [5.41, 5.74) is 12.2. The second kappa shape index (κ2) is 9.43. The van der Waals surface area contributed by atoms with E-state index in [1.807, 2.05) is 25.1 Å². The molecule has 0 aromatic heterocycles. The van der Waals surface area contributed by atoms with Crippen molar-refractivity contribution in [1.82, 2.24) is 0 Å². The number of benzene rings is 1. The molecule has 4 aliphatic rings. The molecule has 0 radical (unpaired) electrons. The van der Waals surface area contributed by atoms with Crippen LogP contribution in [0.25, 0.3) is 0 Å². The van der Waals surface area contributed by atoms with Gasteiger partial charge in [-0.2, -0.15) is 0 Å². The lowest BCUT2D eigenvalue weighted by atomic mass is 9.50. The third kappa shape index (κ3) is 4.08. The Morgan fingerprint density at radius 2 is 1.97 bits per heavy atom. The van der Waals surface area contributed by atoms with Crippen LogP contribution in [0.5, 0.6) is 0 Å². The highest BCUT2D eigenvalue weighted by Gasteiger charge is 2.58. The Balaban J connectivity index is 1.66. The van der Waals surface area contributed by atoms with Crippen LogP contribution in [0.4, 0.5) is 5.69 Å². The number of carbonyl (C=O) groups excluding carboxylic acids is 2. The number of nitrogen functional groups attached to an aromatic ring is 1. The van der Waals surface area contributed by atoms with Gasteiger partial charge in [0.25, 0.3) is 0 Å². The Labute approximate surface area is 209 Å². The number of ether oxygens (including phenoxy) is 1. The molecule has 2 saturated carbocycles. The first-order chi connectivity index (χ1) is 16.9. The molecule has 2 N–H and O–H groups in total. The third-order valence-corrected chi connectivity index (χ3v) is 9.47. The highest BCUT2D eigenvalue weighted by atomic mass is 16.5. The normalized spacial score (nSPS) is 33.7. The van der Waals surface area contributed by atoms with E-state index in [0.29, 0.717) is 24.2 Å². The van der Waals surface area contributed by atoms with E-state index < -0.39 is 0 Å². The van der Waals surface area contributed by atoms with E-state index >= 15 is 0 Å². The van der Waals surface area contributed by atoms with Crippen LogP contribution in [0.2, 0.25) is 0 Å². The Morgan fingerprint density at radius 3 is 2.69 bits per heavy atom. The second-order valence-electron chi connectivity index (χ2n) is 11.2. The molecule has 5 rings (SSSR count). The van der Waals surface area contributed by atoms with Gasteiger partial charge in [-0.1, -0.05) is 24.6 Å². The van der Waals surface area contributed by atoms with Crippen LogP contribution in [0.3, 0.4) is 0 Å². The van der Waals surface area contributed by atoms with Crippen LogP contribution in [0.1, 0.15) is 70.3 Å². The largest absolute Gasteiger partial charge is 0.399 e. The van der Waals surface area contributed by atoms with Gasteiger partial charge in [-0.15, -0.1) is 11.8 Å². The summed E-state index contributed by atoms with van der Waals surface area (Å²) in [6.45, 7) is 4.45. The summed E-state index contributed by atoms with van der Waals surface area (Å²) in [5.74, 6) is 8.33. The van der Waals surface area contributed by atoms with Crippen molar-refractivity contribution in [2.24, 2.45) is 29.1 Å². The maximum absolute atomic E-state index is 13.2. The zero-order valence-electron chi connectivity index (χ0n) is 21.2. The van der Waals surface area contributed by atoms with Crippen LogP contribution < -0.4 is 5.73 Å². The SMILES string of the molecule is CC#CCC1C[C@@H]2C(=C3CCC(=O)C=C31)[C@@H](c1ccc(N)cc1)C[C@]1(C)[C@@H](C(=O)COC)CC[C@@H]21. The van der Waals surface area contributed by atoms with Gasteiger partial charge in [0.2, 0.25) is 0 Å². The summed E-state index contributed by atoms with van der Waals surface area (Å²) in [5, 5.41) is 0. The predicted molar refractivity (Wildman–Crippen MR) is 138 cm³/mol. The van der Waals surface area contributed by atoms with Gasteiger partial charge in [0, 0.05) is 37.5 Å². The average Bonchev–Trinajstić information content (AvgIpc) is 3.19. The number of hydrogen-bond acceptors (Lipinski definition) is 4. The van der Waals surface area contributed by atoms with Crippen LogP contribution >= 0.6 is 0 Å². The van der Waals surface area contributed by atoms with E-state index in [1.165, 1.54) is 22.3 Å². The zero-order chi connectivity index (χ0) is 24.7. The van der Waals surface area contributed by atoms with Gasteiger partial charge in [0.05, 0.1) is 0 Å². The summed E-state index contributed by atoms with van der Waals surface area (Å²) in [4.78, 5) is 25.7. The van der Waals surface area contributed by atoms with Crippen molar-refractivity contribution in [3.63, 3.8) is 0 Å². The van der Waals surface area contributed by atoms with Crippen molar-refractivity contribution in [2.75, 3.05) is 19.5 Å². The van der Waals surface area contributed by atoms with Gasteiger partial charge in [0.15, 0.2) is 11.6 Å². The lowest BCUT2D eigenvalue weighted by Crippen LogP contribution is -2.46. The fourth-order valence-electron chi connectivity index (χ4n) is 8.02. The van der Waals surface area contributed by atoms with Gasteiger partial charge in [-0.25, -0.2) is 0 Å². The number of Topliss-reactive ketones (excluding diaryl/α,β-unsaturated/α-hetero) is 1. The number of allylic oxidation sites excluding steroid dienone is 4. The number of ketones is 2. The van der Waals surface area contributed by atoms with Crippen molar-refractivity contribution in [3.05, 3.63) is 52.6 Å². The lowest BCUT2D eigenvalue weighted by molar-refractivity contribution is -0.131. The molecule has 6 atom stereocenters. The monoisotopic (exact) mass is 471 g/mol. The number of carbonyl (C=O) groups is 2. The van der Waals surface area contributed by atoms with Crippen LogP contribution in [0, 0.1) is 40.9 Å². The molecular weight excluding hydrogens is 434 g/mol. The van der Waals surface area contributed by atoms with E-state index in [9.17, 15) is 9.59 Å². The molecule has 0 amide bonds. The summed E-state index contributed by atoms with van der Waals surface area (Å²) < 4.78 is 5.29. The van der Waals surface area contributed by atoms with Crippen LogP contribution in [-0.4, -0.2) is 25.3 Å². The lowest BCUT2D eigenvalue weighted by Gasteiger charge is -2.53. The number of methoxy groups -OCH3 is 1. The molecule has 4 nitrogen and oxygen atoms in total. The number of fused-ring (bicyclic) bond motifs is 4. The van der Waals surface area contributed by atoms with Crippen LogP contribution in [0.15, 0.2) is 47.1 Å². The van der Waals surface area contributed by atoms with E-state index in [2.05, 4.69) is 30.9 Å². The fraction of sp³-hybridized carbons (Fsp3) is 0.548. The molecule has 1 aromatic carbocycles. The third-order valence-electron chi connectivity index (χ3n) is 9.47. The quantitative estimate of drug-likeness (QED) is 0.446. The highest BCUT2D eigenvalue weighted by Crippen LogP contribution is 2.66. The Hall–Kier alpha value is -2.64.